The van der Waals surface area contributed by atoms with Crippen molar-refractivity contribution in [2.75, 3.05) is 16.8 Å². The molecule has 6 rings (SSSR count). The molecule has 6 N–H and O–H groups in total. The van der Waals surface area contributed by atoms with Crippen molar-refractivity contribution in [3.63, 3.8) is 0 Å². The molecule has 1 atom stereocenters. The third-order valence-electron chi connectivity index (χ3n) is 7.82. The van der Waals surface area contributed by atoms with Crippen molar-refractivity contribution >= 4 is 109 Å². The van der Waals surface area contributed by atoms with Crippen LogP contribution < -0.4 is 10.2 Å². The van der Waals surface area contributed by atoms with Crippen LogP contribution >= 0.6 is 11.6 Å². The van der Waals surface area contributed by atoms with E-state index in [1.807, 2.05) is 6.92 Å². The summed E-state index contributed by atoms with van der Waals surface area (Å²) in [6.45, 7) is 2.17. The molecule has 0 saturated carbocycles. The minimum atomic E-state index is -5.22. The lowest BCUT2D eigenvalue weighted by Gasteiger charge is -2.21. The van der Waals surface area contributed by atoms with E-state index < -0.39 is 83.5 Å². The van der Waals surface area contributed by atoms with Crippen LogP contribution in [-0.2, 0) is 41.4 Å². The van der Waals surface area contributed by atoms with Crippen molar-refractivity contribution < 1.29 is 52.8 Å². The van der Waals surface area contributed by atoms with E-state index >= 15 is 0 Å². The fourth-order valence-corrected chi connectivity index (χ4v) is 8.35. The molecule has 0 saturated heterocycles. The van der Waals surface area contributed by atoms with Gasteiger partial charge in [0.15, 0.2) is 16.8 Å². The molecule has 1 heterocycles. The van der Waals surface area contributed by atoms with E-state index in [1.54, 1.807) is 35.2 Å². The van der Waals surface area contributed by atoms with Crippen LogP contribution in [0, 0.1) is 0 Å². The van der Waals surface area contributed by atoms with E-state index in [4.69, 9.17) is 11.6 Å². The number of aromatic nitrogens is 3. The van der Waals surface area contributed by atoms with Gasteiger partial charge in [-0.25, -0.2) is 4.21 Å². The second kappa shape index (κ2) is 14.8. The highest BCUT2D eigenvalue weighted by Gasteiger charge is 2.26. The van der Waals surface area contributed by atoms with Gasteiger partial charge in [0.1, 0.15) is 21.2 Å². The molecule has 0 spiro atoms. The molecule has 55 heavy (non-hydrogen) atoms. The molecule has 0 aliphatic rings. The molecular formula is C31H24ClN7O12S4. The van der Waals surface area contributed by atoms with Gasteiger partial charge in [0.05, 0.1) is 15.5 Å². The highest BCUT2D eigenvalue weighted by Crippen LogP contribution is 2.46. The number of anilines is 4. The number of benzene rings is 5. The van der Waals surface area contributed by atoms with Crippen molar-refractivity contribution in [3.05, 3.63) is 84.1 Å². The van der Waals surface area contributed by atoms with E-state index in [0.717, 1.165) is 48.5 Å². The minimum absolute atomic E-state index is 0.0526. The van der Waals surface area contributed by atoms with Crippen LogP contribution in [0.25, 0.3) is 21.5 Å². The van der Waals surface area contributed by atoms with Crippen LogP contribution in [0.2, 0.25) is 5.28 Å². The SMILES string of the molecule is CCN(c1ccccc1)c1nc(Cl)nc(Nc2cc(S(=O)(=O)O)cc3cc(S(=O)O)c(N=Nc4ccc5c(S(=O)(=O)O)cccc5c4S(=O)(=O)O)c(O)c23)n1. The Labute approximate surface area is 318 Å². The summed E-state index contributed by atoms with van der Waals surface area (Å²) in [5, 5.41) is 20.4. The van der Waals surface area contributed by atoms with Gasteiger partial charge in [-0.2, -0.15) is 40.2 Å². The molecule has 1 unspecified atom stereocenters. The lowest BCUT2D eigenvalue weighted by molar-refractivity contribution is 0.479. The van der Waals surface area contributed by atoms with Gasteiger partial charge < -0.3 is 19.9 Å². The van der Waals surface area contributed by atoms with Crippen molar-refractivity contribution in [3.8, 4) is 5.75 Å². The first-order valence-electron chi connectivity index (χ1n) is 15.1. The molecule has 0 fully saturated rings. The molecule has 5 aromatic carbocycles. The Morgan fingerprint density at radius 3 is 2.15 bits per heavy atom. The van der Waals surface area contributed by atoms with Gasteiger partial charge in [-0.3, -0.25) is 13.7 Å². The molecule has 0 amide bonds. The standard InChI is InChI=1S/C31H24ClN7O12S4/c1-2-39(17-7-4-3-5-8-17)31-35-29(32)34-30(36-31)33-22-15-18(53(43,44)45)13-16-14-23(52(41)42)26(27(40)25(16)22)38-37-21-12-11-19-20(28(21)55(49,50)51)9-6-10-24(19)54(46,47)48/h3-15,40H,2H2,1H3,(H,41,42)(H,43,44,45)(H,46,47,48)(H,49,50,51)(H,33,34,35,36). The number of para-hydroxylation sites is 1. The summed E-state index contributed by atoms with van der Waals surface area (Å²) in [7, 11) is -15.0. The smallest absolute Gasteiger partial charge is 0.297 e. The summed E-state index contributed by atoms with van der Waals surface area (Å²) >= 11 is 3.25. The molecule has 1 aromatic heterocycles. The highest BCUT2D eigenvalue weighted by molar-refractivity contribution is 7.86. The zero-order valence-corrected chi connectivity index (χ0v) is 31.5. The normalized spacial score (nSPS) is 13.1. The summed E-state index contributed by atoms with van der Waals surface area (Å²) in [5.41, 5.74) is -1.02. The summed E-state index contributed by atoms with van der Waals surface area (Å²) in [6.07, 6.45) is 0. The Hall–Kier alpha value is -5.24. The van der Waals surface area contributed by atoms with E-state index in [1.165, 1.54) is 0 Å². The number of azo groups is 1. The van der Waals surface area contributed by atoms with Gasteiger partial charge >= 0.3 is 0 Å². The van der Waals surface area contributed by atoms with Gasteiger partial charge in [0, 0.05) is 28.4 Å². The van der Waals surface area contributed by atoms with E-state index in [-0.39, 0.29) is 39.0 Å². The minimum Gasteiger partial charge on any atom is -0.505 e. The van der Waals surface area contributed by atoms with E-state index in [9.17, 15) is 52.8 Å². The largest absolute Gasteiger partial charge is 0.505 e. The number of nitrogens with one attached hydrogen (secondary N) is 1. The van der Waals surface area contributed by atoms with Gasteiger partial charge in [-0.15, -0.1) is 10.2 Å². The molecular weight excluding hydrogens is 826 g/mol. The number of phenolic OH excluding ortho intramolecular Hbond substituents is 1. The Morgan fingerprint density at radius 2 is 1.53 bits per heavy atom. The number of rotatable bonds is 11. The second-order valence-corrected chi connectivity index (χ2v) is 16.7. The first-order chi connectivity index (χ1) is 25.8. The zero-order valence-electron chi connectivity index (χ0n) is 27.5. The Balaban J connectivity index is 1.57. The van der Waals surface area contributed by atoms with E-state index in [0.29, 0.717) is 12.2 Å². The number of fused-ring (bicyclic) bond motifs is 2. The summed E-state index contributed by atoms with van der Waals surface area (Å²) < 4.78 is 126. The molecule has 6 aromatic rings. The molecule has 19 nitrogen and oxygen atoms in total. The van der Waals surface area contributed by atoms with E-state index in [2.05, 4.69) is 30.5 Å². The third-order valence-corrected chi connectivity index (χ3v) is 11.4. The fourth-order valence-electron chi connectivity index (χ4n) is 5.59. The molecule has 0 radical (unpaired) electrons. The molecule has 24 heteroatoms. The quantitative estimate of drug-likeness (QED) is 0.0482. The van der Waals surface area contributed by atoms with Gasteiger partial charge in [0.25, 0.3) is 30.4 Å². The number of halogens is 1. The van der Waals surface area contributed by atoms with Crippen molar-refractivity contribution in [2.24, 2.45) is 10.2 Å². The maximum Gasteiger partial charge on any atom is 0.297 e. The predicted octanol–water partition coefficient (Wildman–Crippen LogP) is 6.17. The summed E-state index contributed by atoms with van der Waals surface area (Å²) in [6, 6.07) is 16.8. The second-order valence-electron chi connectivity index (χ2n) is 11.2. The summed E-state index contributed by atoms with van der Waals surface area (Å²) in [5.74, 6) is -1.16. The Kier molecular flexibility index (Phi) is 10.6. The topological polar surface area (TPSA) is 299 Å². The molecule has 0 aliphatic carbocycles. The molecule has 0 aliphatic heterocycles. The van der Waals surface area contributed by atoms with Crippen LogP contribution in [0.15, 0.2) is 109 Å². The number of hydrogen-bond acceptors (Lipinski definition) is 15. The van der Waals surface area contributed by atoms with Crippen LogP contribution in [0.4, 0.5) is 34.6 Å². The lowest BCUT2D eigenvalue weighted by atomic mass is 10.1. The van der Waals surface area contributed by atoms with Crippen LogP contribution in [0.3, 0.4) is 0 Å². The Bertz CT molecular complexity index is 2940. The van der Waals surface area contributed by atoms with Gasteiger partial charge in [0.2, 0.25) is 17.2 Å². The first kappa shape index (κ1) is 39.5. The van der Waals surface area contributed by atoms with Crippen molar-refractivity contribution in [1.29, 1.82) is 0 Å². The maximum atomic E-state index is 12.6. The first-order valence-corrected chi connectivity index (χ1v) is 20.9. The number of aromatic hydroxyl groups is 1. The van der Waals surface area contributed by atoms with Crippen LogP contribution in [0.1, 0.15) is 6.92 Å². The van der Waals surface area contributed by atoms with Gasteiger partial charge in [-0.1, -0.05) is 36.4 Å². The number of hydrogen-bond donors (Lipinski definition) is 6. The molecule has 0 bridgehead atoms. The summed E-state index contributed by atoms with van der Waals surface area (Å²) in [4.78, 5) is 11.2. The highest BCUT2D eigenvalue weighted by atomic mass is 35.5. The van der Waals surface area contributed by atoms with Crippen molar-refractivity contribution in [1.82, 2.24) is 15.0 Å². The Morgan fingerprint density at radius 1 is 0.818 bits per heavy atom. The lowest BCUT2D eigenvalue weighted by Crippen LogP contribution is -2.19. The fraction of sp³-hybridized carbons (Fsp3) is 0.0645. The molecule has 286 valence electrons. The average molecular weight is 850 g/mol. The van der Waals surface area contributed by atoms with Crippen LogP contribution in [-0.4, -0.2) is 74.3 Å². The van der Waals surface area contributed by atoms with Crippen LogP contribution in [0.5, 0.6) is 5.75 Å². The third kappa shape index (κ3) is 8.10. The van der Waals surface area contributed by atoms with Gasteiger partial charge in [-0.05, 0) is 66.4 Å². The zero-order chi connectivity index (χ0) is 40.0. The average Bonchev–Trinajstić information content (AvgIpc) is 3.09. The predicted molar refractivity (Wildman–Crippen MR) is 199 cm³/mol. The number of nitrogens with zero attached hydrogens (tertiary/aromatic N) is 6. The monoisotopic (exact) mass is 849 g/mol. The van der Waals surface area contributed by atoms with Crippen molar-refractivity contribution in [2.45, 2.75) is 26.5 Å². The number of phenols is 1. The maximum absolute atomic E-state index is 12.6.